The Morgan fingerprint density at radius 1 is 1.39 bits per heavy atom. The molecule has 0 spiro atoms. The van der Waals surface area contributed by atoms with Crippen molar-refractivity contribution in [1.29, 1.82) is 0 Å². The van der Waals surface area contributed by atoms with Gasteiger partial charge in [0.05, 0.1) is 12.3 Å². The molecule has 122 valence electrons. The highest BCUT2D eigenvalue weighted by Gasteiger charge is 2.32. The van der Waals surface area contributed by atoms with Crippen LogP contribution in [0, 0.1) is 5.92 Å². The van der Waals surface area contributed by atoms with E-state index in [9.17, 15) is 14.4 Å². The topological polar surface area (TPSA) is 88.3 Å². The molecule has 1 aliphatic heterocycles. The second kappa shape index (κ2) is 6.28. The van der Waals surface area contributed by atoms with Gasteiger partial charge < -0.3 is 9.32 Å². The van der Waals surface area contributed by atoms with Crippen molar-refractivity contribution >= 4 is 5.91 Å². The van der Waals surface area contributed by atoms with Crippen LogP contribution in [0.5, 0.6) is 0 Å². The zero-order valence-electron chi connectivity index (χ0n) is 12.9. The number of amides is 1. The Kier molecular flexibility index (Phi) is 4.18. The third-order valence-electron chi connectivity index (χ3n) is 4.26. The first-order valence-electron chi connectivity index (χ1n) is 7.67. The zero-order chi connectivity index (χ0) is 16.4. The van der Waals surface area contributed by atoms with Gasteiger partial charge in [-0.25, -0.2) is 4.79 Å². The number of H-pyrrole nitrogens is 1. The van der Waals surface area contributed by atoms with E-state index in [0.29, 0.717) is 12.5 Å². The number of hydrogen-bond acceptors (Lipinski definition) is 4. The van der Waals surface area contributed by atoms with Crippen LogP contribution in [0.4, 0.5) is 0 Å². The van der Waals surface area contributed by atoms with E-state index in [2.05, 4.69) is 11.9 Å². The molecule has 7 nitrogen and oxygen atoms in total. The number of furan rings is 1. The van der Waals surface area contributed by atoms with Crippen LogP contribution in [0.3, 0.4) is 0 Å². The molecule has 3 heterocycles. The summed E-state index contributed by atoms with van der Waals surface area (Å²) in [4.78, 5) is 39.4. The Morgan fingerprint density at radius 3 is 2.91 bits per heavy atom. The molecule has 1 fully saturated rings. The Hall–Kier alpha value is -2.57. The van der Waals surface area contributed by atoms with Crippen molar-refractivity contribution in [3.05, 3.63) is 57.3 Å². The molecule has 1 aliphatic rings. The summed E-state index contributed by atoms with van der Waals surface area (Å²) in [5.74, 6) is 1.11. The molecular weight excluding hydrogens is 298 g/mol. The summed E-state index contributed by atoms with van der Waals surface area (Å²) in [6.45, 7) is 2.69. The van der Waals surface area contributed by atoms with Gasteiger partial charge in [0.2, 0.25) is 5.91 Å². The zero-order valence-corrected chi connectivity index (χ0v) is 12.9. The van der Waals surface area contributed by atoms with Gasteiger partial charge in [-0.15, -0.1) is 0 Å². The summed E-state index contributed by atoms with van der Waals surface area (Å²) >= 11 is 0. The highest BCUT2D eigenvalue weighted by molar-refractivity contribution is 5.76. The number of nitrogens with zero attached hydrogens (tertiary/aromatic N) is 2. The first-order chi connectivity index (χ1) is 11.0. The maximum absolute atomic E-state index is 12.6. The van der Waals surface area contributed by atoms with Crippen molar-refractivity contribution in [3.8, 4) is 0 Å². The van der Waals surface area contributed by atoms with E-state index in [1.807, 2.05) is 12.1 Å². The third kappa shape index (κ3) is 3.28. The number of carbonyl (C=O) groups is 1. The molecule has 0 radical (unpaired) electrons. The molecule has 0 unspecified atom stereocenters. The van der Waals surface area contributed by atoms with Gasteiger partial charge in [-0.2, -0.15) is 0 Å². The second-order valence-corrected chi connectivity index (χ2v) is 5.99. The lowest BCUT2D eigenvalue weighted by Gasteiger charge is -2.37. The molecule has 1 amide bonds. The van der Waals surface area contributed by atoms with Crippen LogP contribution < -0.4 is 11.2 Å². The average molecular weight is 317 g/mol. The van der Waals surface area contributed by atoms with E-state index in [1.165, 1.54) is 16.8 Å². The van der Waals surface area contributed by atoms with E-state index in [1.54, 1.807) is 11.2 Å². The molecule has 2 aromatic rings. The molecule has 23 heavy (non-hydrogen) atoms. The Bertz CT molecular complexity index is 790. The Labute approximate surface area is 132 Å². The van der Waals surface area contributed by atoms with E-state index >= 15 is 0 Å². The normalized spacial score (nSPS) is 21.3. The molecule has 7 heteroatoms. The predicted octanol–water partition coefficient (Wildman–Crippen LogP) is 1.13. The lowest BCUT2D eigenvalue weighted by atomic mass is 9.91. The summed E-state index contributed by atoms with van der Waals surface area (Å²) in [6.07, 6.45) is 4.69. The SMILES string of the molecule is C[C@H]1CCN(C(=O)Cn2ccc(=O)[nH]c2=O)[C@@H](c2ccco2)C1. The van der Waals surface area contributed by atoms with E-state index in [-0.39, 0.29) is 18.5 Å². The molecule has 1 saturated heterocycles. The van der Waals surface area contributed by atoms with Crippen LogP contribution >= 0.6 is 0 Å². The maximum atomic E-state index is 12.6. The van der Waals surface area contributed by atoms with Crippen LogP contribution in [-0.2, 0) is 11.3 Å². The van der Waals surface area contributed by atoms with Crippen molar-refractivity contribution in [1.82, 2.24) is 14.5 Å². The van der Waals surface area contributed by atoms with E-state index in [4.69, 9.17) is 4.42 Å². The average Bonchev–Trinajstić information content (AvgIpc) is 3.04. The summed E-state index contributed by atoms with van der Waals surface area (Å²) < 4.78 is 6.69. The van der Waals surface area contributed by atoms with Crippen molar-refractivity contribution in [2.45, 2.75) is 32.4 Å². The Morgan fingerprint density at radius 2 is 2.22 bits per heavy atom. The van der Waals surface area contributed by atoms with Gasteiger partial charge in [0.15, 0.2) is 0 Å². The Balaban J connectivity index is 1.81. The summed E-state index contributed by atoms with van der Waals surface area (Å²) in [5.41, 5.74) is -1.05. The van der Waals surface area contributed by atoms with Crippen molar-refractivity contribution < 1.29 is 9.21 Å². The molecule has 0 aliphatic carbocycles. The fraction of sp³-hybridized carbons (Fsp3) is 0.438. The number of carbonyl (C=O) groups excluding carboxylic acids is 1. The maximum Gasteiger partial charge on any atom is 0.328 e. The molecule has 2 aromatic heterocycles. The van der Waals surface area contributed by atoms with Gasteiger partial charge in [0.1, 0.15) is 12.3 Å². The second-order valence-electron chi connectivity index (χ2n) is 5.99. The summed E-state index contributed by atoms with van der Waals surface area (Å²) in [7, 11) is 0. The number of piperidine rings is 1. The molecule has 2 atom stereocenters. The van der Waals surface area contributed by atoms with Gasteiger partial charge in [-0.05, 0) is 30.9 Å². The minimum absolute atomic E-state index is 0.0960. The predicted molar refractivity (Wildman–Crippen MR) is 82.9 cm³/mol. The van der Waals surface area contributed by atoms with Gasteiger partial charge >= 0.3 is 5.69 Å². The van der Waals surface area contributed by atoms with Crippen molar-refractivity contribution in [2.24, 2.45) is 5.92 Å². The quantitative estimate of drug-likeness (QED) is 0.919. The van der Waals surface area contributed by atoms with E-state index in [0.717, 1.165) is 18.6 Å². The molecule has 0 aromatic carbocycles. The van der Waals surface area contributed by atoms with Crippen molar-refractivity contribution in [2.75, 3.05) is 6.54 Å². The number of nitrogens with one attached hydrogen (secondary N) is 1. The van der Waals surface area contributed by atoms with Crippen LogP contribution in [0.15, 0.2) is 44.7 Å². The number of aromatic amines is 1. The van der Waals surface area contributed by atoms with Gasteiger partial charge in [-0.1, -0.05) is 6.92 Å². The number of rotatable bonds is 3. The lowest BCUT2D eigenvalue weighted by Crippen LogP contribution is -2.43. The minimum atomic E-state index is -0.578. The fourth-order valence-corrected chi connectivity index (χ4v) is 3.00. The highest BCUT2D eigenvalue weighted by Crippen LogP contribution is 2.34. The number of hydrogen-bond donors (Lipinski definition) is 1. The van der Waals surface area contributed by atoms with Gasteiger partial charge in [0, 0.05) is 18.8 Å². The molecule has 3 rings (SSSR count). The molecule has 0 bridgehead atoms. The first-order valence-corrected chi connectivity index (χ1v) is 7.67. The molecule has 0 saturated carbocycles. The monoisotopic (exact) mass is 317 g/mol. The molecular formula is C16H19N3O4. The number of likely N-dealkylation sites (tertiary alicyclic amines) is 1. The number of aromatic nitrogens is 2. The first kappa shape index (κ1) is 15.3. The molecule has 1 N–H and O–H groups in total. The van der Waals surface area contributed by atoms with Crippen LogP contribution in [-0.4, -0.2) is 26.9 Å². The van der Waals surface area contributed by atoms with Crippen molar-refractivity contribution in [3.63, 3.8) is 0 Å². The van der Waals surface area contributed by atoms with Crippen LogP contribution in [0.1, 0.15) is 31.6 Å². The van der Waals surface area contributed by atoms with E-state index < -0.39 is 11.2 Å². The van der Waals surface area contributed by atoms with Gasteiger partial charge in [0.25, 0.3) is 5.56 Å². The summed E-state index contributed by atoms with van der Waals surface area (Å²) in [6, 6.07) is 4.80. The summed E-state index contributed by atoms with van der Waals surface area (Å²) in [5, 5.41) is 0. The van der Waals surface area contributed by atoms with Crippen LogP contribution in [0.2, 0.25) is 0 Å². The van der Waals surface area contributed by atoms with Crippen LogP contribution in [0.25, 0.3) is 0 Å². The minimum Gasteiger partial charge on any atom is -0.467 e. The van der Waals surface area contributed by atoms with Gasteiger partial charge in [-0.3, -0.25) is 19.1 Å². The largest absolute Gasteiger partial charge is 0.467 e. The lowest BCUT2D eigenvalue weighted by molar-refractivity contribution is -0.137. The highest BCUT2D eigenvalue weighted by atomic mass is 16.3. The fourth-order valence-electron chi connectivity index (χ4n) is 3.00. The third-order valence-corrected chi connectivity index (χ3v) is 4.26. The smallest absolute Gasteiger partial charge is 0.328 e. The standard InChI is InChI=1S/C16H19N3O4/c1-11-4-7-19(12(9-11)13-3-2-8-23-13)15(21)10-18-6-5-14(20)17-16(18)22/h2-3,5-6,8,11-12H,4,7,9-10H2,1H3,(H,17,20,22)/t11-,12+/m0/s1.